The van der Waals surface area contributed by atoms with Gasteiger partial charge in [-0.3, -0.25) is 0 Å². The van der Waals surface area contributed by atoms with Gasteiger partial charge < -0.3 is 36.4 Å². The molecule has 1 heterocycles. The second kappa shape index (κ2) is 24.9. The summed E-state index contributed by atoms with van der Waals surface area (Å²) in [6.45, 7) is 8.95. The van der Waals surface area contributed by atoms with Gasteiger partial charge in [0.15, 0.2) is 0 Å². The number of unbranched alkanes of at least 4 members (excludes halogenated alkanes) is 4. The van der Waals surface area contributed by atoms with Crippen molar-refractivity contribution < 1.29 is 36.4 Å². The molecule has 0 radical (unpaired) electrons. The predicted molar refractivity (Wildman–Crippen MR) is 276 cm³/mol. The highest BCUT2D eigenvalue weighted by molar-refractivity contribution is 7.54. The van der Waals surface area contributed by atoms with E-state index < -0.39 is 16.4 Å². The van der Waals surface area contributed by atoms with Crippen molar-refractivity contribution in [1.82, 2.24) is 0 Å². The summed E-state index contributed by atoms with van der Waals surface area (Å²) in [5.41, 5.74) is 9.04. The minimum absolute atomic E-state index is 0.601. The van der Waals surface area contributed by atoms with Crippen molar-refractivity contribution >= 4 is 38.3 Å². The van der Waals surface area contributed by atoms with Crippen LogP contribution in [0.2, 0.25) is 0 Å². The minimum Gasteiger partial charge on any atom is -0.497 e. The van der Waals surface area contributed by atoms with Gasteiger partial charge in [-0.1, -0.05) is 91.9 Å². The molecule has 360 valence electrons. The number of methoxy groups -OCH3 is 4. The molecule has 0 amide bonds. The number of hydrogen-bond donors (Lipinski definition) is 0. The maximum atomic E-state index is 7.84. The molecule has 0 N–H and O–H groups in total. The summed E-state index contributed by atoms with van der Waals surface area (Å²) in [6.07, 6.45) is 24.5. The van der Waals surface area contributed by atoms with Gasteiger partial charge in [0.1, 0.15) is 45.7 Å². The molecule has 2 aliphatic rings. The van der Waals surface area contributed by atoms with Gasteiger partial charge in [-0.25, -0.2) is 0 Å². The first-order chi connectivity index (χ1) is 32.4. The van der Waals surface area contributed by atoms with Gasteiger partial charge in [-0.05, 0) is 148 Å². The van der Waals surface area contributed by atoms with Gasteiger partial charge in [0.25, 0.3) is 0 Å². The maximum absolute atomic E-state index is 7.84. The molecule has 4 aromatic carbocycles. The Morgan fingerprint density at radius 3 is 1.24 bits per heavy atom. The van der Waals surface area contributed by atoms with Gasteiger partial charge in [-0.2, -0.15) is 0 Å². The van der Waals surface area contributed by atoms with Crippen LogP contribution in [0.5, 0.6) is 34.5 Å². The van der Waals surface area contributed by atoms with Crippen LogP contribution in [-0.4, -0.2) is 39.8 Å². The summed E-state index contributed by atoms with van der Waals surface area (Å²) in [5.74, 6) is 4.89. The molecule has 7 rings (SSSR count). The van der Waals surface area contributed by atoms with Gasteiger partial charge in [0.2, 0.25) is 0 Å². The Balaban J connectivity index is 1.53. The third-order valence-corrected chi connectivity index (χ3v) is 17.7. The predicted octanol–water partition coefficient (Wildman–Crippen LogP) is 17.6. The van der Waals surface area contributed by atoms with E-state index in [4.69, 9.17) is 36.4 Å². The monoisotopic (exact) mass is 941 g/mol. The molecule has 0 spiro atoms. The Labute approximate surface area is 398 Å². The summed E-state index contributed by atoms with van der Waals surface area (Å²) >= 11 is 0. The van der Waals surface area contributed by atoms with Crippen LogP contribution >= 0.6 is 16.4 Å². The molecule has 2 fully saturated rings. The number of aryl methyl sites for hydroxylation is 4. The fraction of sp³-hybridized carbons (Fsp3) is 0.571. The Morgan fingerprint density at radius 2 is 0.833 bits per heavy atom. The van der Waals surface area contributed by atoms with Gasteiger partial charge in [-0.15, -0.1) is 0 Å². The number of ether oxygens (including phenoxy) is 4. The summed E-state index contributed by atoms with van der Waals surface area (Å²) in [6, 6.07) is 17.1. The number of hydrogen-bond acceptors (Lipinski definition) is 8. The third-order valence-electron chi connectivity index (χ3n) is 13.8. The summed E-state index contributed by atoms with van der Waals surface area (Å²) < 4.78 is 54.0. The standard InChI is InChI=1S/C56H78O8P2/c1-9-13-23-39-31-43(57-5)35-49(53(39)61-65(47-27-19-17-20-28-47)48-29-21-18-22-30-48)50-36-44(58-6)32-40(24-14-10-2)54(50)62-66-63-55-41(25-15-11-3)33-45(59-7)37-51(55)52-38-46(60-8)34-42(26-16-12-4)56(52)64-66/h31-38,47-48H,9-30H2,1-8H3. The summed E-state index contributed by atoms with van der Waals surface area (Å²) in [5, 5.41) is 1.84. The lowest BCUT2D eigenvalue weighted by molar-refractivity contribution is 0.411. The zero-order valence-corrected chi connectivity index (χ0v) is 43.3. The first kappa shape index (κ1) is 49.9. The van der Waals surface area contributed by atoms with E-state index in [1.165, 1.54) is 69.8 Å². The number of benzene rings is 4. The molecule has 0 aliphatic heterocycles. The minimum atomic E-state index is -2.06. The van der Waals surface area contributed by atoms with Gasteiger partial charge in [0.05, 0.1) is 36.6 Å². The molecule has 1 aromatic heterocycles. The van der Waals surface area contributed by atoms with Gasteiger partial charge >= 0.3 is 8.24 Å². The summed E-state index contributed by atoms with van der Waals surface area (Å²) in [7, 11) is 4.20. The fourth-order valence-corrected chi connectivity index (χ4v) is 14.3. The van der Waals surface area contributed by atoms with E-state index in [1.54, 1.807) is 28.4 Å². The molecule has 2 aliphatic carbocycles. The van der Waals surface area contributed by atoms with E-state index >= 15 is 0 Å². The lowest BCUT2D eigenvalue weighted by atomic mass is 9.94. The second-order valence-electron chi connectivity index (χ2n) is 18.6. The molecule has 0 unspecified atom stereocenters. The zero-order valence-electron chi connectivity index (χ0n) is 41.5. The van der Waals surface area contributed by atoms with Crippen molar-refractivity contribution in [3.63, 3.8) is 0 Å². The fourth-order valence-electron chi connectivity index (χ4n) is 10.1. The first-order valence-corrected chi connectivity index (χ1v) is 28.0. The Bertz CT molecular complexity index is 2280. The van der Waals surface area contributed by atoms with E-state index in [0.29, 0.717) is 11.3 Å². The van der Waals surface area contributed by atoms with E-state index in [2.05, 4.69) is 76.2 Å². The van der Waals surface area contributed by atoms with Crippen LogP contribution in [0.15, 0.2) is 56.9 Å². The highest BCUT2D eigenvalue weighted by Crippen LogP contribution is 2.59. The first-order valence-electron chi connectivity index (χ1n) is 25.5. The smallest absolute Gasteiger partial charge is 0.453 e. The molecule has 8 nitrogen and oxygen atoms in total. The van der Waals surface area contributed by atoms with Crippen LogP contribution in [0.25, 0.3) is 33.1 Å². The van der Waals surface area contributed by atoms with Crippen molar-refractivity contribution in [3.8, 4) is 45.6 Å². The van der Waals surface area contributed by atoms with Gasteiger partial charge in [0, 0.05) is 33.2 Å². The topological polar surface area (TPSA) is 81.7 Å². The van der Waals surface area contributed by atoms with Crippen molar-refractivity contribution in [2.24, 2.45) is 0 Å². The zero-order chi connectivity index (χ0) is 46.4. The molecule has 2 saturated carbocycles. The normalized spacial score (nSPS) is 14.8. The second-order valence-corrected chi connectivity index (χ2v) is 22.0. The van der Waals surface area contributed by atoms with Crippen LogP contribution < -0.4 is 28.0 Å². The maximum Gasteiger partial charge on any atom is 0.453 e. The average molecular weight is 941 g/mol. The molecule has 66 heavy (non-hydrogen) atoms. The Morgan fingerprint density at radius 1 is 0.470 bits per heavy atom. The largest absolute Gasteiger partial charge is 0.497 e. The molecule has 0 bridgehead atoms. The van der Waals surface area contributed by atoms with Crippen LogP contribution in [0, 0.1) is 0 Å². The Hall–Kier alpha value is -3.99. The summed E-state index contributed by atoms with van der Waals surface area (Å²) in [4.78, 5) is 0. The van der Waals surface area contributed by atoms with Crippen LogP contribution in [0.4, 0.5) is 0 Å². The highest BCUT2D eigenvalue weighted by Gasteiger charge is 2.36. The number of fused-ring (bicyclic) bond motifs is 3. The van der Waals surface area contributed by atoms with E-state index in [-0.39, 0.29) is 0 Å². The van der Waals surface area contributed by atoms with Crippen molar-refractivity contribution in [3.05, 3.63) is 70.8 Å². The van der Waals surface area contributed by atoms with Crippen molar-refractivity contribution in [2.45, 2.75) is 180 Å². The average Bonchev–Trinajstić information content (AvgIpc) is 3.52. The SMILES string of the molecule is CCCCc1cc(OC)cc(-c2cc(OC)cc(CCCC)c2Op2oc3c(CCCC)cc(OC)cc3c3cc(OC)cc(CCCC)c3o2)c1OP(C1CCCCC1)C1CCCCC1. The van der Waals surface area contributed by atoms with E-state index in [1.807, 2.05) is 0 Å². The lowest BCUT2D eigenvalue weighted by Gasteiger charge is -2.38. The van der Waals surface area contributed by atoms with E-state index in [9.17, 15) is 0 Å². The molecule has 5 aromatic rings. The lowest BCUT2D eigenvalue weighted by Crippen LogP contribution is -2.23. The van der Waals surface area contributed by atoms with Crippen LogP contribution in [0.3, 0.4) is 0 Å². The number of rotatable bonds is 23. The molecule has 0 saturated heterocycles. The molecule has 0 atom stereocenters. The van der Waals surface area contributed by atoms with Crippen molar-refractivity contribution in [2.75, 3.05) is 28.4 Å². The molecule has 10 heteroatoms. The Kier molecular flexibility index (Phi) is 18.8. The van der Waals surface area contributed by atoms with E-state index in [0.717, 1.165) is 161 Å². The molecular formula is C56H78O8P2. The quantitative estimate of drug-likeness (QED) is 0.0599. The molecular weight excluding hydrogens is 863 g/mol. The highest BCUT2D eigenvalue weighted by atomic mass is 31.1. The van der Waals surface area contributed by atoms with Crippen molar-refractivity contribution in [1.29, 1.82) is 0 Å². The third kappa shape index (κ3) is 12.0. The van der Waals surface area contributed by atoms with Crippen LogP contribution in [-0.2, 0) is 25.7 Å². The van der Waals surface area contributed by atoms with Crippen LogP contribution in [0.1, 0.15) is 166 Å².